The lowest BCUT2D eigenvalue weighted by Crippen LogP contribution is -2.52. The Morgan fingerprint density at radius 3 is 2.83 bits per heavy atom. The van der Waals surface area contributed by atoms with Crippen LogP contribution in [0.25, 0.3) is 0 Å². The van der Waals surface area contributed by atoms with E-state index in [1.54, 1.807) is 0 Å². The number of carbonyl (C=O) groups excluding carboxylic acids is 1. The maximum atomic E-state index is 12.8. The summed E-state index contributed by atoms with van der Waals surface area (Å²) in [5, 5.41) is 0. The van der Waals surface area contributed by atoms with Gasteiger partial charge in [0.05, 0.1) is 5.54 Å². The molecular weight excluding hydrogens is 288 g/mol. The number of hydrogen-bond donors (Lipinski definition) is 0. The molecule has 1 saturated heterocycles. The zero-order valence-corrected chi connectivity index (χ0v) is 13.1. The van der Waals surface area contributed by atoms with E-state index in [1.165, 1.54) is 5.56 Å². The Balaban J connectivity index is 1.65. The molecule has 0 N–H and O–H groups in total. The van der Waals surface area contributed by atoms with Crippen LogP contribution in [0, 0.1) is 0 Å². The quantitative estimate of drug-likeness (QED) is 0.802. The van der Waals surface area contributed by atoms with Crippen LogP contribution >= 0.6 is 0 Å². The average molecular weight is 308 g/mol. The number of piperidine rings is 1. The van der Waals surface area contributed by atoms with Crippen LogP contribution in [0.15, 0.2) is 48.7 Å². The number of ether oxygens (including phenoxy) is 1. The maximum Gasteiger partial charge on any atom is 0.415 e. The molecule has 2 aromatic rings. The summed E-state index contributed by atoms with van der Waals surface area (Å²) in [7, 11) is 0. The third kappa shape index (κ3) is 2.38. The van der Waals surface area contributed by atoms with E-state index in [0.29, 0.717) is 5.75 Å². The Kier molecular flexibility index (Phi) is 3.52. The van der Waals surface area contributed by atoms with Crippen molar-refractivity contribution in [3.05, 3.63) is 59.9 Å². The minimum absolute atomic E-state index is 0.228. The molecule has 118 valence electrons. The summed E-state index contributed by atoms with van der Waals surface area (Å²) < 4.78 is 5.62. The minimum atomic E-state index is -0.243. The van der Waals surface area contributed by atoms with Crippen molar-refractivity contribution >= 4 is 6.09 Å². The summed E-state index contributed by atoms with van der Waals surface area (Å²) in [5.41, 5.74) is 2.12. The van der Waals surface area contributed by atoms with Crippen LogP contribution in [0.5, 0.6) is 5.75 Å². The van der Waals surface area contributed by atoms with Gasteiger partial charge in [0.15, 0.2) is 0 Å². The second-order valence-corrected chi connectivity index (χ2v) is 6.32. The highest BCUT2D eigenvalue weighted by molar-refractivity contribution is 5.72. The fraction of sp³-hybridized carbons (Fsp3) is 0.368. The number of aryl methyl sites for hydroxylation is 1. The summed E-state index contributed by atoms with van der Waals surface area (Å²) in [5.74, 6) is 0.600. The van der Waals surface area contributed by atoms with E-state index < -0.39 is 0 Å². The van der Waals surface area contributed by atoms with Gasteiger partial charge in [0.25, 0.3) is 0 Å². The number of aromatic nitrogens is 1. The van der Waals surface area contributed by atoms with Gasteiger partial charge >= 0.3 is 6.09 Å². The highest BCUT2D eigenvalue weighted by atomic mass is 16.6. The Morgan fingerprint density at radius 2 is 1.96 bits per heavy atom. The lowest BCUT2D eigenvalue weighted by molar-refractivity contribution is 0.0499. The van der Waals surface area contributed by atoms with Gasteiger partial charge in [-0.25, -0.2) is 4.79 Å². The first-order chi connectivity index (χ1) is 11.3. The standard InChI is InChI=1S/C19H20N2O2/c22-18(23-15-7-2-1-3-8-15)21-14-5-4-11-19(21)12-10-17-16(19)9-6-13-20-17/h1-3,6-9,13H,4-5,10-12,14H2. The van der Waals surface area contributed by atoms with Crippen molar-refractivity contribution in [3.8, 4) is 5.75 Å². The molecule has 1 aromatic heterocycles. The second-order valence-electron chi connectivity index (χ2n) is 6.32. The monoisotopic (exact) mass is 308 g/mol. The zero-order valence-electron chi connectivity index (χ0n) is 13.1. The molecule has 1 amide bonds. The van der Waals surface area contributed by atoms with Crippen molar-refractivity contribution in [3.63, 3.8) is 0 Å². The largest absolute Gasteiger partial charge is 0.415 e. The van der Waals surface area contributed by atoms with Gasteiger partial charge in [-0.1, -0.05) is 24.3 Å². The molecule has 1 unspecified atom stereocenters. The molecule has 0 radical (unpaired) electrons. The van der Waals surface area contributed by atoms with E-state index in [9.17, 15) is 4.79 Å². The van der Waals surface area contributed by atoms with Crippen LogP contribution in [0.2, 0.25) is 0 Å². The van der Waals surface area contributed by atoms with Gasteiger partial charge in [-0.15, -0.1) is 0 Å². The molecule has 1 atom stereocenters. The number of amides is 1. The highest BCUT2D eigenvalue weighted by Gasteiger charge is 2.48. The molecule has 4 nitrogen and oxygen atoms in total. The molecule has 4 heteroatoms. The number of nitrogens with zero attached hydrogens (tertiary/aromatic N) is 2. The number of hydrogen-bond acceptors (Lipinski definition) is 3. The average Bonchev–Trinajstić information content (AvgIpc) is 2.96. The molecule has 1 aliphatic carbocycles. The topological polar surface area (TPSA) is 42.4 Å². The number of rotatable bonds is 1. The van der Waals surface area contributed by atoms with Crippen LogP contribution in [0.1, 0.15) is 36.9 Å². The van der Waals surface area contributed by atoms with Gasteiger partial charge in [0.2, 0.25) is 0 Å². The van der Waals surface area contributed by atoms with Gasteiger partial charge in [-0.3, -0.25) is 9.88 Å². The fourth-order valence-corrected chi connectivity index (χ4v) is 4.01. The third-order valence-corrected chi connectivity index (χ3v) is 5.07. The SMILES string of the molecule is O=C(Oc1ccccc1)N1CCCCC12CCc1ncccc12. The van der Waals surface area contributed by atoms with Crippen molar-refractivity contribution in [1.82, 2.24) is 9.88 Å². The van der Waals surface area contributed by atoms with E-state index >= 15 is 0 Å². The minimum Gasteiger partial charge on any atom is -0.410 e. The van der Waals surface area contributed by atoms with Gasteiger partial charge in [0.1, 0.15) is 5.75 Å². The van der Waals surface area contributed by atoms with Gasteiger partial charge in [-0.2, -0.15) is 0 Å². The molecule has 2 aliphatic rings. The summed E-state index contributed by atoms with van der Waals surface area (Å²) in [6.07, 6.45) is 6.65. The van der Waals surface area contributed by atoms with E-state index in [4.69, 9.17) is 4.74 Å². The van der Waals surface area contributed by atoms with Crippen LogP contribution in [-0.4, -0.2) is 22.5 Å². The smallest absolute Gasteiger partial charge is 0.410 e. The van der Waals surface area contributed by atoms with Crippen molar-refractivity contribution in [1.29, 1.82) is 0 Å². The summed E-state index contributed by atoms with van der Waals surface area (Å²) in [6, 6.07) is 13.4. The van der Waals surface area contributed by atoms with E-state index in [2.05, 4.69) is 11.1 Å². The summed E-state index contributed by atoms with van der Waals surface area (Å²) in [4.78, 5) is 19.3. The molecule has 4 rings (SSSR count). The lowest BCUT2D eigenvalue weighted by atomic mass is 9.82. The van der Waals surface area contributed by atoms with Crippen LogP contribution in [0.3, 0.4) is 0 Å². The van der Waals surface area contributed by atoms with Crippen molar-refractivity contribution in [2.24, 2.45) is 0 Å². The molecule has 0 bridgehead atoms. The van der Waals surface area contributed by atoms with Crippen LogP contribution < -0.4 is 4.74 Å². The van der Waals surface area contributed by atoms with Crippen molar-refractivity contribution < 1.29 is 9.53 Å². The number of pyridine rings is 1. The summed E-state index contributed by atoms with van der Waals surface area (Å²) >= 11 is 0. The Bertz CT molecular complexity index is 712. The van der Waals surface area contributed by atoms with Crippen molar-refractivity contribution in [2.75, 3.05) is 6.54 Å². The van der Waals surface area contributed by atoms with Crippen molar-refractivity contribution in [2.45, 2.75) is 37.6 Å². The van der Waals surface area contributed by atoms with E-state index in [1.807, 2.05) is 47.5 Å². The second kappa shape index (κ2) is 5.69. The normalized spacial score (nSPS) is 22.9. The van der Waals surface area contributed by atoms with E-state index in [0.717, 1.165) is 44.3 Å². The van der Waals surface area contributed by atoms with Gasteiger partial charge in [-0.05, 0) is 55.9 Å². The molecule has 1 aromatic carbocycles. The highest BCUT2D eigenvalue weighted by Crippen LogP contribution is 2.47. The first kappa shape index (κ1) is 14.2. The molecular formula is C19H20N2O2. The predicted molar refractivity (Wildman–Crippen MR) is 87.3 cm³/mol. The number of fused-ring (bicyclic) bond motifs is 2. The maximum absolute atomic E-state index is 12.8. The molecule has 0 saturated carbocycles. The molecule has 2 heterocycles. The Morgan fingerprint density at radius 1 is 1.09 bits per heavy atom. The fourth-order valence-electron chi connectivity index (χ4n) is 4.01. The molecule has 1 spiro atoms. The predicted octanol–water partition coefficient (Wildman–Crippen LogP) is 3.91. The number of carbonyl (C=O) groups is 1. The van der Waals surface area contributed by atoms with Gasteiger partial charge in [0, 0.05) is 18.4 Å². The number of benzene rings is 1. The number of para-hydroxylation sites is 1. The Labute approximate surface area is 136 Å². The molecule has 1 aliphatic heterocycles. The molecule has 1 fully saturated rings. The Hall–Kier alpha value is -2.36. The zero-order chi connectivity index (χ0) is 15.7. The third-order valence-electron chi connectivity index (χ3n) is 5.07. The van der Waals surface area contributed by atoms with Crippen LogP contribution in [-0.2, 0) is 12.0 Å². The molecule has 23 heavy (non-hydrogen) atoms. The summed E-state index contributed by atoms with van der Waals surface area (Å²) in [6.45, 7) is 0.750. The first-order valence-electron chi connectivity index (χ1n) is 8.28. The number of likely N-dealkylation sites (tertiary alicyclic amines) is 1. The first-order valence-corrected chi connectivity index (χ1v) is 8.28. The van der Waals surface area contributed by atoms with Gasteiger partial charge < -0.3 is 4.74 Å². The lowest BCUT2D eigenvalue weighted by Gasteiger charge is -2.44. The van der Waals surface area contributed by atoms with E-state index in [-0.39, 0.29) is 11.6 Å². The van der Waals surface area contributed by atoms with Crippen LogP contribution in [0.4, 0.5) is 4.79 Å².